The first-order valence-corrected chi connectivity index (χ1v) is 13.0. The molecule has 4 rings (SSSR count). The Balaban J connectivity index is 1.60. The van der Waals surface area contributed by atoms with Crippen molar-refractivity contribution >= 4 is 23.2 Å². The zero-order valence-electron chi connectivity index (χ0n) is 20.3. The Labute approximate surface area is 201 Å². The lowest BCUT2D eigenvalue weighted by Gasteiger charge is -2.42. The van der Waals surface area contributed by atoms with Gasteiger partial charge in [0, 0.05) is 22.9 Å². The number of hydrogen-bond donors (Lipinski definition) is 0. The maximum absolute atomic E-state index is 13.8. The molecule has 1 aromatic heterocycles. The number of ether oxygens (including phenoxy) is 1. The monoisotopic (exact) mass is 468 g/mol. The van der Waals surface area contributed by atoms with Gasteiger partial charge in [0.25, 0.3) is 0 Å². The Morgan fingerprint density at radius 3 is 2.42 bits per heavy atom. The minimum absolute atomic E-state index is 0.0201. The summed E-state index contributed by atoms with van der Waals surface area (Å²) in [4.78, 5) is 32.4. The predicted octanol–water partition coefficient (Wildman–Crippen LogP) is 5.44. The molecule has 1 aliphatic carbocycles. The SMILES string of the molecule is COc1ccc([C@@H]2c3ccsc3CCN2C(=O)CN(C(=O)C2CCCCC2)C(C)(C)C)cc1. The highest BCUT2D eigenvalue weighted by Gasteiger charge is 2.38. The predicted molar refractivity (Wildman–Crippen MR) is 133 cm³/mol. The third-order valence-electron chi connectivity index (χ3n) is 7.04. The molecule has 1 atom stereocenters. The van der Waals surface area contributed by atoms with E-state index in [1.54, 1.807) is 18.4 Å². The standard InChI is InChI=1S/C27H36N2O3S/c1-27(2,3)29(26(31)20-8-6-5-7-9-20)18-24(30)28-16-14-23-22(15-17-33-23)25(28)19-10-12-21(32-4)13-11-19/h10-13,15,17,20,25H,5-9,14,16,18H2,1-4H3/t25-/m1/s1. The first-order valence-electron chi connectivity index (χ1n) is 12.1. The second-order valence-electron chi connectivity index (χ2n) is 10.2. The Kier molecular flexibility index (Phi) is 7.13. The third kappa shape index (κ3) is 5.11. The second kappa shape index (κ2) is 9.88. The molecule has 0 unspecified atom stereocenters. The van der Waals surface area contributed by atoms with E-state index in [0.29, 0.717) is 6.54 Å². The van der Waals surface area contributed by atoms with E-state index < -0.39 is 5.54 Å². The summed E-state index contributed by atoms with van der Waals surface area (Å²) in [6.07, 6.45) is 6.16. The van der Waals surface area contributed by atoms with E-state index in [1.165, 1.54) is 16.9 Å². The molecule has 0 bridgehead atoms. The van der Waals surface area contributed by atoms with Gasteiger partial charge in [0.15, 0.2) is 0 Å². The van der Waals surface area contributed by atoms with E-state index in [0.717, 1.165) is 43.4 Å². The average Bonchev–Trinajstić information content (AvgIpc) is 3.30. The minimum atomic E-state index is -0.400. The van der Waals surface area contributed by atoms with Crippen molar-refractivity contribution in [2.24, 2.45) is 5.92 Å². The summed E-state index contributed by atoms with van der Waals surface area (Å²) in [6, 6.07) is 10.0. The minimum Gasteiger partial charge on any atom is -0.497 e. The number of nitrogens with zero attached hydrogens (tertiary/aromatic N) is 2. The van der Waals surface area contributed by atoms with Crippen LogP contribution in [0.25, 0.3) is 0 Å². The summed E-state index contributed by atoms with van der Waals surface area (Å²) in [5, 5.41) is 2.11. The first kappa shape index (κ1) is 23.8. The van der Waals surface area contributed by atoms with Gasteiger partial charge in [0.1, 0.15) is 12.3 Å². The van der Waals surface area contributed by atoms with Crippen molar-refractivity contribution in [3.63, 3.8) is 0 Å². The molecule has 1 aromatic carbocycles. The van der Waals surface area contributed by atoms with Crippen LogP contribution >= 0.6 is 11.3 Å². The number of carbonyl (C=O) groups is 2. The first-order chi connectivity index (χ1) is 15.8. The summed E-state index contributed by atoms with van der Waals surface area (Å²) in [5.74, 6) is 1.01. The summed E-state index contributed by atoms with van der Waals surface area (Å²) >= 11 is 1.76. The van der Waals surface area contributed by atoms with Gasteiger partial charge in [-0.2, -0.15) is 0 Å². The number of hydrogen-bond acceptors (Lipinski definition) is 4. The lowest BCUT2D eigenvalue weighted by Crippen LogP contribution is -2.54. The van der Waals surface area contributed by atoms with Gasteiger partial charge in [-0.1, -0.05) is 31.4 Å². The highest BCUT2D eigenvalue weighted by Crippen LogP contribution is 2.38. The van der Waals surface area contributed by atoms with Crippen LogP contribution in [0.4, 0.5) is 0 Å². The van der Waals surface area contributed by atoms with Crippen LogP contribution in [0, 0.1) is 5.92 Å². The Hall–Kier alpha value is -2.34. The summed E-state index contributed by atoms with van der Waals surface area (Å²) < 4.78 is 5.34. The van der Waals surface area contributed by atoms with Crippen LogP contribution in [-0.4, -0.2) is 47.4 Å². The molecule has 0 spiro atoms. The van der Waals surface area contributed by atoms with Crippen molar-refractivity contribution in [1.82, 2.24) is 9.80 Å². The lowest BCUT2D eigenvalue weighted by atomic mass is 9.87. The number of thiophene rings is 1. The molecule has 0 saturated heterocycles. The van der Waals surface area contributed by atoms with Gasteiger partial charge in [-0.05, 0) is 74.7 Å². The highest BCUT2D eigenvalue weighted by atomic mass is 32.1. The van der Waals surface area contributed by atoms with Crippen LogP contribution in [0.1, 0.15) is 74.9 Å². The van der Waals surface area contributed by atoms with Crippen molar-refractivity contribution in [3.05, 3.63) is 51.7 Å². The van der Waals surface area contributed by atoms with E-state index in [4.69, 9.17) is 4.74 Å². The quantitative estimate of drug-likeness (QED) is 0.587. The van der Waals surface area contributed by atoms with Gasteiger partial charge >= 0.3 is 0 Å². The van der Waals surface area contributed by atoms with Gasteiger partial charge in [0.2, 0.25) is 11.8 Å². The van der Waals surface area contributed by atoms with Crippen LogP contribution in [0.15, 0.2) is 35.7 Å². The molecule has 33 heavy (non-hydrogen) atoms. The fourth-order valence-corrected chi connectivity index (χ4v) is 6.08. The fraction of sp³-hybridized carbons (Fsp3) is 0.556. The van der Waals surface area contributed by atoms with Gasteiger partial charge in [-0.25, -0.2) is 0 Å². The van der Waals surface area contributed by atoms with Gasteiger partial charge in [-0.15, -0.1) is 11.3 Å². The van der Waals surface area contributed by atoms with Crippen molar-refractivity contribution in [3.8, 4) is 5.75 Å². The topological polar surface area (TPSA) is 49.9 Å². The summed E-state index contributed by atoms with van der Waals surface area (Å²) in [5.41, 5.74) is 1.87. The van der Waals surface area contributed by atoms with E-state index >= 15 is 0 Å². The molecular weight excluding hydrogens is 432 g/mol. The number of fused-ring (bicyclic) bond motifs is 1. The Bertz CT molecular complexity index is 970. The molecular formula is C27H36N2O3S. The largest absolute Gasteiger partial charge is 0.497 e. The fourth-order valence-electron chi connectivity index (χ4n) is 5.17. The zero-order valence-corrected chi connectivity index (χ0v) is 21.1. The molecule has 1 fully saturated rings. The van der Waals surface area contributed by atoms with Crippen molar-refractivity contribution in [1.29, 1.82) is 0 Å². The van der Waals surface area contributed by atoms with E-state index in [-0.39, 0.29) is 30.3 Å². The van der Waals surface area contributed by atoms with Crippen molar-refractivity contribution in [2.45, 2.75) is 70.9 Å². The number of rotatable bonds is 5. The maximum Gasteiger partial charge on any atom is 0.243 e. The smallest absolute Gasteiger partial charge is 0.243 e. The molecule has 6 heteroatoms. The lowest BCUT2D eigenvalue weighted by molar-refractivity contribution is -0.149. The summed E-state index contributed by atoms with van der Waals surface area (Å²) in [6.45, 7) is 6.91. The second-order valence-corrected chi connectivity index (χ2v) is 11.2. The van der Waals surface area contributed by atoms with Crippen LogP contribution in [0.5, 0.6) is 5.75 Å². The molecule has 178 valence electrons. The molecule has 1 saturated carbocycles. The number of methoxy groups -OCH3 is 1. The number of carbonyl (C=O) groups excluding carboxylic acids is 2. The third-order valence-corrected chi connectivity index (χ3v) is 8.04. The molecule has 1 aliphatic heterocycles. The maximum atomic E-state index is 13.8. The Morgan fingerprint density at radius 1 is 1.09 bits per heavy atom. The molecule has 2 aliphatic rings. The molecule has 5 nitrogen and oxygen atoms in total. The van der Waals surface area contributed by atoms with Crippen LogP contribution in [0.2, 0.25) is 0 Å². The zero-order chi connectivity index (χ0) is 23.6. The Morgan fingerprint density at radius 2 is 1.79 bits per heavy atom. The molecule has 2 aromatic rings. The molecule has 0 radical (unpaired) electrons. The van der Waals surface area contributed by atoms with E-state index in [9.17, 15) is 9.59 Å². The molecule has 0 N–H and O–H groups in total. The van der Waals surface area contributed by atoms with E-state index in [2.05, 4.69) is 11.4 Å². The van der Waals surface area contributed by atoms with Crippen LogP contribution in [0.3, 0.4) is 0 Å². The normalized spacial score (nSPS) is 19.2. The van der Waals surface area contributed by atoms with Crippen molar-refractivity contribution in [2.75, 3.05) is 20.2 Å². The number of amides is 2. The highest BCUT2D eigenvalue weighted by molar-refractivity contribution is 7.10. The van der Waals surface area contributed by atoms with Crippen molar-refractivity contribution < 1.29 is 14.3 Å². The summed E-state index contributed by atoms with van der Waals surface area (Å²) in [7, 11) is 1.66. The molecule has 2 amide bonds. The van der Waals surface area contributed by atoms with Gasteiger partial charge in [0.05, 0.1) is 13.2 Å². The van der Waals surface area contributed by atoms with Gasteiger partial charge in [-0.3, -0.25) is 9.59 Å². The van der Waals surface area contributed by atoms with E-state index in [1.807, 2.05) is 54.8 Å². The van der Waals surface area contributed by atoms with Gasteiger partial charge < -0.3 is 14.5 Å². The van der Waals surface area contributed by atoms with Crippen LogP contribution in [-0.2, 0) is 16.0 Å². The molecule has 2 heterocycles. The number of benzene rings is 1. The average molecular weight is 469 g/mol. The van der Waals surface area contributed by atoms with Crippen LogP contribution < -0.4 is 4.74 Å².